The molecule has 2 fully saturated rings. The normalized spacial score (nSPS) is 18.7. The SMILES string of the molecule is CCc1nc(C(=O)CN2CCN(c3ccc4c(CC)nn(C5CCC5)c4c3)C[C@@H]2Cc2ccccc2)n[nH]1. The lowest BCUT2D eigenvalue weighted by molar-refractivity contribution is 0.0865. The number of Topliss-reactive ketones (excluding diaryl/α,β-unsaturated/α-hetero) is 1. The molecule has 2 aromatic carbocycles. The first-order valence-electron chi connectivity index (χ1n) is 14.1. The van der Waals surface area contributed by atoms with Crippen molar-refractivity contribution in [1.29, 1.82) is 0 Å². The molecule has 1 N–H and O–H groups in total. The van der Waals surface area contributed by atoms with Crippen LogP contribution in [0.15, 0.2) is 48.5 Å². The second-order valence-corrected chi connectivity index (χ2v) is 10.7. The molecule has 3 heterocycles. The monoisotopic (exact) mass is 511 g/mol. The third-order valence-corrected chi connectivity index (χ3v) is 8.27. The number of aromatic amines is 1. The standard InChI is InChI=1S/C30H37N7O/c1-3-26-25-14-13-23(18-27(25)37(34-26)22-11-8-12-22)35-15-16-36(20-28(38)30-31-29(4-2)32-33-30)24(19-35)17-21-9-6-5-7-10-21/h5-7,9-10,13-14,18,22,24H,3-4,8,11-12,15-17,19-20H2,1-2H3,(H,31,32,33)/t24-/m0/s1. The minimum Gasteiger partial charge on any atom is -0.369 e. The lowest BCUT2D eigenvalue weighted by Crippen LogP contribution is -2.55. The van der Waals surface area contributed by atoms with E-state index >= 15 is 0 Å². The number of H-pyrrole nitrogens is 1. The first-order valence-corrected chi connectivity index (χ1v) is 14.1. The van der Waals surface area contributed by atoms with Crippen molar-refractivity contribution in [3.63, 3.8) is 0 Å². The zero-order valence-corrected chi connectivity index (χ0v) is 22.4. The Labute approximate surface area is 224 Å². The molecule has 0 unspecified atom stereocenters. The second-order valence-electron chi connectivity index (χ2n) is 10.7. The van der Waals surface area contributed by atoms with E-state index in [-0.39, 0.29) is 11.8 Å². The quantitative estimate of drug-likeness (QED) is 0.330. The minimum atomic E-state index is -0.0228. The largest absolute Gasteiger partial charge is 0.369 e. The average molecular weight is 512 g/mol. The third-order valence-electron chi connectivity index (χ3n) is 8.27. The summed E-state index contributed by atoms with van der Waals surface area (Å²) < 4.78 is 2.29. The predicted octanol–water partition coefficient (Wildman–Crippen LogP) is 4.62. The van der Waals surface area contributed by atoms with Gasteiger partial charge in [0.05, 0.1) is 23.8 Å². The third kappa shape index (κ3) is 4.85. The zero-order valence-electron chi connectivity index (χ0n) is 22.4. The summed E-state index contributed by atoms with van der Waals surface area (Å²) in [7, 11) is 0. The predicted molar refractivity (Wildman–Crippen MR) is 150 cm³/mol. The summed E-state index contributed by atoms with van der Waals surface area (Å²) in [5.41, 5.74) is 4.99. The van der Waals surface area contributed by atoms with Gasteiger partial charge in [-0.3, -0.25) is 19.5 Å². The lowest BCUT2D eigenvalue weighted by atomic mass is 9.93. The maximum Gasteiger partial charge on any atom is 0.218 e. The van der Waals surface area contributed by atoms with E-state index in [2.05, 4.69) is 85.1 Å². The van der Waals surface area contributed by atoms with Gasteiger partial charge in [-0.25, -0.2) is 4.98 Å². The average Bonchev–Trinajstić information content (AvgIpc) is 3.54. The van der Waals surface area contributed by atoms with Gasteiger partial charge in [0.2, 0.25) is 11.6 Å². The van der Waals surface area contributed by atoms with Crippen LogP contribution in [0.4, 0.5) is 5.69 Å². The summed E-state index contributed by atoms with van der Waals surface area (Å²) in [6.45, 7) is 7.07. The first kappa shape index (κ1) is 24.8. The Morgan fingerprint density at radius 2 is 1.89 bits per heavy atom. The summed E-state index contributed by atoms with van der Waals surface area (Å²) in [5.74, 6) is 1.02. The van der Waals surface area contributed by atoms with Gasteiger partial charge in [-0.2, -0.15) is 10.2 Å². The molecule has 2 aliphatic rings. The van der Waals surface area contributed by atoms with Crippen molar-refractivity contribution < 1.29 is 4.79 Å². The van der Waals surface area contributed by atoms with Gasteiger partial charge in [-0.1, -0.05) is 44.2 Å². The van der Waals surface area contributed by atoms with Crippen LogP contribution in [0, 0.1) is 0 Å². The van der Waals surface area contributed by atoms with Crippen molar-refractivity contribution in [2.75, 3.05) is 31.1 Å². The number of aromatic nitrogens is 5. The van der Waals surface area contributed by atoms with Crippen LogP contribution in [0.2, 0.25) is 0 Å². The molecule has 1 aliphatic carbocycles. The number of nitrogens with zero attached hydrogens (tertiary/aromatic N) is 6. The van der Waals surface area contributed by atoms with Crippen molar-refractivity contribution in [2.24, 2.45) is 0 Å². The molecule has 6 rings (SSSR count). The van der Waals surface area contributed by atoms with Gasteiger partial charge in [0, 0.05) is 43.2 Å². The number of hydrogen-bond acceptors (Lipinski definition) is 6. The fourth-order valence-corrected chi connectivity index (χ4v) is 5.81. The van der Waals surface area contributed by atoms with E-state index in [1.54, 1.807) is 0 Å². The number of carbonyl (C=O) groups excluding carboxylic acids is 1. The number of fused-ring (bicyclic) bond motifs is 1. The summed E-state index contributed by atoms with van der Waals surface area (Å²) in [5, 5.41) is 13.3. The Balaban J connectivity index is 1.25. The maximum absolute atomic E-state index is 13.1. The fraction of sp³-hybridized carbons (Fsp3) is 0.467. The van der Waals surface area contributed by atoms with Crippen LogP contribution in [0.3, 0.4) is 0 Å². The van der Waals surface area contributed by atoms with E-state index < -0.39 is 0 Å². The highest BCUT2D eigenvalue weighted by atomic mass is 16.1. The van der Waals surface area contributed by atoms with Gasteiger partial charge >= 0.3 is 0 Å². The lowest BCUT2D eigenvalue weighted by Gasteiger charge is -2.42. The van der Waals surface area contributed by atoms with Crippen molar-refractivity contribution in [3.05, 3.63) is 71.4 Å². The van der Waals surface area contributed by atoms with Crippen LogP contribution < -0.4 is 4.90 Å². The molecule has 4 aromatic rings. The van der Waals surface area contributed by atoms with E-state index in [0.717, 1.165) is 44.7 Å². The number of anilines is 1. The van der Waals surface area contributed by atoms with Gasteiger partial charge in [0.25, 0.3) is 0 Å². The Morgan fingerprint density at radius 3 is 2.61 bits per heavy atom. The van der Waals surface area contributed by atoms with Gasteiger partial charge < -0.3 is 4.90 Å². The number of carbonyl (C=O) groups is 1. The molecular formula is C30H37N7O. The number of hydrogen-bond donors (Lipinski definition) is 1. The van der Waals surface area contributed by atoms with Gasteiger partial charge in [0.15, 0.2) is 0 Å². The molecule has 38 heavy (non-hydrogen) atoms. The molecule has 2 aromatic heterocycles. The molecule has 0 bridgehead atoms. The van der Waals surface area contributed by atoms with Crippen molar-refractivity contribution in [1.82, 2.24) is 29.9 Å². The Kier molecular flexibility index (Phi) is 6.98. The maximum atomic E-state index is 13.1. The first-order chi connectivity index (χ1) is 18.6. The molecule has 8 heteroatoms. The van der Waals surface area contributed by atoms with Crippen LogP contribution in [0.5, 0.6) is 0 Å². The highest BCUT2D eigenvalue weighted by molar-refractivity contribution is 5.94. The van der Waals surface area contributed by atoms with E-state index in [9.17, 15) is 4.79 Å². The zero-order chi connectivity index (χ0) is 26.1. The molecule has 1 saturated carbocycles. The van der Waals surface area contributed by atoms with Crippen LogP contribution in [-0.4, -0.2) is 67.9 Å². The van der Waals surface area contributed by atoms with Crippen molar-refractivity contribution in [2.45, 2.75) is 64.5 Å². The molecule has 198 valence electrons. The smallest absolute Gasteiger partial charge is 0.218 e. The minimum absolute atomic E-state index is 0.0228. The molecular weight excluding hydrogens is 474 g/mol. The molecule has 0 spiro atoms. The summed E-state index contributed by atoms with van der Waals surface area (Å²) in [6, 6.07) is 18.2. The van der Waals surface area contributed by atoms with Crippen molar-refractivity contribution in [3.8, 4) is 0 Å². The number of nitrogens with one attached hydrogen (secondary N) is 1. The Bertz CT molecular complexity index is 1400. The second kappa shape index (κ2) is 10.7. The summed E-state index contributed by atoms with van der Waals surface area (Å²) in [6.07, 6.45) is 6.32. The number of piperazine rings is 1. The number of rotatable bonds is 9. The van der Waals surface area contributed by atoms with Gasteiger partial charge in [0.1, 0.15) is 5.82 Å². The number of aryl methyl sites for hydroxylation is 2. The highest BCUT2D eigenvalue weighted by Gasteiger charge is 2.31. The Hall–Kier alpha value is -3.52. The van der Waals surface area contributed by atoms with Gasteiger partial charge in [-0.05, 0) is 55.9 Å². The molecule has 8 nitrogen and oxygen atoms in total. The van der Waals surface area contributed by atoms with Crippen molar-refractivity contribution >= 4 is 22.4 Å². The van der Waals surface area contributed by atoms with E-state index in [0.29, 0.717) is 18.4 Å². The number of benzene rings is 2. The molecule has 1 aliphatic heterocycles. The molecule has 0 radical (unpaired) electrons. The topological polar surface area (TPSA) is 82.9 Å². The van der Waals surface area contributed by atoms with E-state index in [1.165, 1.54) is 47.1 Å². The summed E-state index contributed by atoms with van der Waals surface area (Å²) in [4.78, 5) is 22.3. The Morgan fingerprint density at radius 1 is 1.05 bits per heavy atom. The molecule has 0 amide bonds. The summed E-state index contributed by atoms with van der Waals surface area (Å²) >= 11 is 0. The fourth-order valence-electron chi connectivity index (χ4n) is 5.81. The van der Waals surface area contributed by atoms with Crippen LogP contribution >= 0.6 is 0 Å². The van der Waals surface area contributed by atoms with Crippen LogP contribution in [0.1, 0.15) is 66.9 Å². The van der Waals surface area contributed by atoms with Crippen LogP contribution in [0.25, 0.3) is 10.9 Å². The molecule has 1 saturated heterocycles. The van der Waals surface area contributed by atoms with E-state index in [1.807, 2.05) is 6.92 Å². The molecule has 1 atom stereocenters. The number of ketones is 1. The van der Waals surface area contributed by atoms with Gasteiger partial charge in [-0.15, -0.1) is 0 Å². The van der Waals surface area contributed by atoms with Crippen LogP contribution in [-0.2, 0) is 19.3 Å². The van der Waals surface area contributed by atoms with E-state index in [4.69, 9.17) is 5.10 Å². The highest BCUT2D eigenvalue weighted by Crippen LogP contribution is 2.36.